The Bertz CT molecular complexity index is 338. The predicted molar refractivity (Wildman–Crippen MR) is 70.6 cm³/mol. The van der Waals surface area contributed by atoms with E-state index in [1.165, 1.54) is 6.92 Å². The number of nitrogens with zero attached hydrogens (tertiary/aromatic N) is 1. The van der Waals surface area contributed by atoms with Gasteiger partial charge < -0.3 is 20.1 Å². The summed E-state index contributed by atoms with van der Waals surface area (Å²) in [5.74, 6) is -0.169. The Morgan fingerprint density at radius 2 is 2.05 bits per heavy atom. The van der Waals surface area contributed by atoms with E-state index in [9.17, 15) is 14.7 Å². The number of carbonyl (C=O) groups is 2. The molecule has 0 aliphatic carbocycles. The molecule has 19 heavy (non-hydrogen) atoms. The summed E-state index contributed by atoms with van der Waals surface area (Å²) < 4.78 is 5.31. The minimum Gasteiger partial charge on any atom is -0.444 e. The van der Waals surface area contributed by atoms with E-state index >= 15 is 0 Å². The van der Waals surface area contributed by atoms with Crippen molar-refractivity contribution in [2.45, 2.75) is 45.8 Å². The minimum absolute atomic E-state index is 0.00705. The molecule has 2 amide bonds. The van der Waals surface area contributed by atoms with Crippen LogP contribution in [0.2, 0.25) is 0 Å². The van der Waals surface area contributed by atoms with Crippen molar-refractivity contribution in [1.29, 1.82) is 0 Å². The van der Waals surface area contributed by atoms with Gasteiger partial charge in [0, 0.05) is 32.5 Å². The van der Waals surface area contributed by atoms with Crippen LogP contribution in [0.4, 0.5) is 4.79 Å². The van der Waals surface area contributed by atoms with Crippen LogP contribution in [0.5, 0.6) is 0 Å². The van der Waals surface area contributed by atoms with Crippen molar-refractivity contribution in [3.63, 3.8) is 0 Å². The molecular weight excluding hydrogens is 248 g/mol. The fourth-order valence-electron chi connectivity index (χ4n) is 2.14. The fourth-order valence-corrected chi connectivity index (χ4v) is 2.14. The van der Waals surface area contributed by atoms with E-state index < -0.39 is 5.60 Å². The molecule has 0 aromatic heterocycles. The van der Waals surface area contributed by atoms with Gasteiger partial charge in [-0.2, -0.15) is 0 Å². The number of rotatable bonds is 2. The largest absolute Gasteiger partial charge is 0.444 e. The molecule has 0 radical (unpaired) electrons. The third kappa shape index (κ3) is 5.06. The first-order valence-electron chi connectivity index (χ1n) is 6.59. The van der Waals surface area contributed by atoms with Crippen LogP contribution in [-0.2, 0) is 9.53 Å². The van der Waals surface area contributed by atoms with Gasteiger partial charge in [0.25, 0.3) is 0 Å². The Labute approximate surface area is 114 Å². The molecule has 1 saturated heterocycles. The van der Waals surface area contributed by atoms with Gasteiger partial charge in [-0.15, -0.1) is 0 Å². The molecule has 2 N–H and O–H groups in total. The third-order valence-corrected chi connectivity index (χ3v) is 3.03. The first-order chi connectivity index (χ1) is 8.73. The lowest BCUT2D eigenvalue weighted by Crippen LogP contribution is -2.55. The molecule has 0 bridgehead atoms. The van der Waals surface area contributed by atoms with Gasteiger partial charge >= 0.3 is 6.09 Å². The summed E-state index contributed by atoms with van der Waals surface area (Å²) in [6.07, 6.45) is 0.278. The fraction of sp³-hybridized carbons (Fsp3) is 0.846. The number of amides is 2. The van der Waals surface area contributed by atoms with Crippen LogP contribution in [0.15, 0.2) is 0 Å². The molecule has 0 saturated carbocycles. The SMILES string of the molecule is CC(=O)NC1CN(C(=O)OC(C)(C)C)CCC1CO. The molecule has 1 heterocycles. The molecule has 1 aliphatic rings. The molecule has 2 unspecified atom stereocenters. The smallest absolute Gasteiger partial charge is 0.410 e. The highest BCUT2D eigenvalue weighted by Crippen LogP contribution is 2.20. The van der Waals surface area contributed by atoms with Gasteiger partial charge in [-0.25, -0.2) is 4.79 Å². The zero-order valence-electron chi connectivity index (χ0n) is 12.1. The molecule has 6 heteroatoms. The van der Waals surface area contributed by atoms with Crippen LogP contribution in [0, 0.1) is 5.92 Å². The number of piperidine rings is 1. The Hall–Kier alpha value is -1.30. The van der Waals surface area contributed by atoms with Gasteiger partial charge in [0.05, 0.1) is 6.04 Å². The van der Waals surface area contributed by atoms with Gasteiger partial charge in [-0.05, 0) is 27.2 Å². The average molecular weight is 272 g/mol. The van der Waals surface area contributed by atoms with E-state index in [-0.39, 0.29) is 30.6 Å². The Morgan fingerprint density at radius 1 is 1.42 bits per heavy atom. The highest BCUT2D eigenvalue weighted by Gasteiger charge is 2.33. The van der Waals surface area contributed by atoms with Crippen LogP contribution in [0.1, 0.15) is 34.1 Å². The van der Waals surface area contributed by atoms with Crippen molar-refractivity contribution in [3.8, 4) is 0 Å². The van der Waals surface area contributed by atoms with Gasteiger partial charge in [-0.1, -0.05) is 0 Å². The van der Waals surface area contributed by atoms with Crippen molar-refractivity contribution in [3.05, 3.63) is 0 Å². The van der Waals surface area contributed by atoms with Crippen molar-refractivity contribution < 1.29 is 19.4 Å². The quantitative estimate of drug-likeness (QED) is 0.777. The van der Waals surface area contributed by atoms with Gasteiger partial charge in [-0.3, -0.25) is 4.79 Å². The van der Waals surface area contributed by atoms with Crippen molar-refractivity contribution in [1.82, 2.24) is 10.2 Å². The second kappa shape index (κ2) is 6.23. The lowest BCUT2D eigenvalue weighted by Gasteiger charge is -2.38. The van der Waals surface area contributed by atoms with Crippen molar-refractivity contribution >= 4 is 12.0 Å². The monoisotopic (exact) mass is 272 g/mol. The lowest BCUT2D eigenvalue weighted by molar-refractivity contribution is -0.120. The molecule has 110 valence electrons. The van der Waals surface area contributed by atoms with E-state index in [4.69, 9.17) is 4.74 Å². The second-order valence-corrected chi connectivity index (χ2v) is 5.96. The molecule has 1 aliphatic heterocycles. The summed E-state index contributed by atoms with van der Waals surface area (Å²) in [5.41, 5.74) is -0.533. The van der Waals surface area contributed by atoms with Crippen LogP contribution < -0.4 is 5.32 Å². The predicted octanol–water partition coefficient (Wildman–Crippen LogP) is 0.740. The van der Waals surface area contributed by atoms with Crippen LogP contribution in [0.3, 0.4) is 0 Å². The number of nitrogens with one attached hydrogen (secondary N) is 1. The van der Waals surface area contributed by atoms with Gasteiger partial charge in [0.15, 0.2) is 0 Å². The van der Waals surface area contributed by atoms with Gasteiger partial charge in [0.2, 0.25) is 5.91 Å². The molecule has 0 aromatic rings. The van der Waals surface area contributed by atoms with Crippen LogP contribution >= 0.6 is 0 Å². The summed E-state index contributed by atoms with van der Waals surface area (Å²) in [4.78, 5) is 24.7. The molecule has 1 rings (SSSR count). The highest BCUT2D eigenvalue weighted by atomic mass is 16.6. The van der Waals surface area contributed by atoms with E-state index in [0.29, 0.717) is 19.5 Å². The maximum atomic E-state index is 12.0. The first-order valence-corrected chi connectivity index (χ1v) is 6.59. The van der Waals surface area contributed by atoms with Crippen molar-refractivity contribution in [2.24, 2.45) is 5.92 Å². The van der Waals surface area contributed by atoms with Gasteiger partial charge in [0.1, 0.15) is 5.60 Å². The number of hydrogen-bond acceptors (Lipinski definition) is 4. The highest BCUT2D eigenvalue weighted by molar-refractivity contribution is 5.73. The summed E-state index contributed by atoms with van der Waals surface area (Å²) in [5, 5.41) is 12.1. The third-order valence-electron chi connectivity index (χ3n) is 3.03. The minimum atomic E-state index is -0.533. The first kappa shape index (κ1) is 15.8. The number of hydrogen-bond donors (Lipinski definition) is 2. The second-order valence-electron chi connectivity index (χ2n) is 5.96. The van der Waals surface area contributed by atoms with E-state index in [1.807, 2.05) is 20.8 Å². The molecule has 0 spiro atoms. The summed E-state index contributed by atoms with van der Waals surface area (Å²) in [6.45, 7) is 7.80. The number of aliphatic hydroxyl groups excluding tert-OH is 1. The number of aliphatic hydroxyl groups is 1. The number of likely N-dealkylation sites (tertiary alicyclic amines) is 1. The zero-order chi connectivity index (χ0) is 14.6. The topological polar surface area (TPSA) is 78.9 Å². The summed E-state index contributed by atoms with van der Waals surface area (Å²) in [6, 6.07) is -0.219. The Morgan fingerprint density at radius 3 is 2.53 bits per heavy atom. The maximum absolute atomic E-state index is 12.0. The van der Waals surface area contributed by atoms with Crippen LogP contribution in [0.25, 0.3) is 0 Å². The average Bonchev–Trinajstić information content (AvgIpc) is 2.25. The molecule has 0 aromatic carbocycles. The standard InChI is InChI=1S/C13H24N2O4/c1-9(17)14-11-7-15(6-5-10(11)8-16)12(18)19-13(2,3)4/h10-11,16H,5-8H2,1-4H3,(H,14,17). The molecule has 6 nitrogen and oxygen atoms in total. The van der Waals surface area contributed by atoms with Crippen molar-refractivity contribution in [2.75, 3.05) is 19.7 Å². The number of ether oxygens (including phenoxy) is 1. The van der Waals surface area contributed by atoms with Crippen LogP contribution in [-0.4, -0.2) is 53.3 Å². The normalized spacial score (nSPS) is 23.9. The van der Waals surface area contributed by atoms with E-state index in [1.54, 1.807) is 4.90 Å². The van der Waals surface area contributed by atoms with E-state index in [0.717, 1.165) is 0 Å². The Kier molecular flexibility index (Phi) is 5.17. The number of carbonyl (C=O) groups excluding carboxylic acids is 2. The molecular formula is C13H24N2O4. The lowest BCUT2D eigenvalue weighted by atomic mass is 9.92. The molecule has 2 atom stereocenters. The molecule has 1 fully saturated rings. The summed E-state index contributed by atoms with van der Waals surface area (Å²) in [7, 11) is 0. The summed E-state index contributed by atoms with van der Waals surface area (Å²) >= 11 is 0. The van der Waals surface area contributed by atoms with E-state index in [2.05, 4.69) is 5.32 Å². The zero-order valence-corrected chi connectivity index (χ0v) is 12.1. The Balaban J connectivity index is 2.63. The maximum Gasteiger partial charge on any atom is 0.410 e.